The Bertz CT molecular complexity index is 663. The van der Waals surface area contributed by atoms with Crippen molar-refractivity contribution in [2.75, 3.05) is 18.1 Å². The zero-order valence-electron chi connectivity index (χ0n) is 12.3. The van der Waals surface area contributed by atoms with Gasteiger partial charge in [-0.05, 0) is 19.4 Å². The lowest BCUT2D eigenvalue weighted by Gasteiger charge is -2.22. The average Bonchev–Trinajstić information content (AvgIpc) is 2.75. The lowest BCUT2D eigenvalue weighted by molar-refractivity contribution is 0.0963. The number of carbonyl (C=O) groups excluding carboxylic acids is 1. The molecule has 1 aromatic heterocycles. The number of para-hydroxylation sites is 1. The van der Waals surface area contributed by atoms with Gasteiger partial charge in [-0.15, -0.1) is 0 Å². The number of benzene rings is 1. The summed E-state index contributed by atoms with van der Waals surface area (Å²) in [6.45, 7) is 5.33. The van der Waals surface area contributed by atoms with Crippen molar-refractivity contribution in [1.82, 2.24) is 5.16 Å². The maximum atomic E-state index is 12.9. The van der Waals surface area contributed by atoms with E-state index < -0.39 is 0 Å². The smallest absolute Gasteiger partial charge is 0.263 e. The molecule has 0 saturated carbocycles. The fraction of sp³-hybridized carbons (Fsp3) is 0.375. The molecule has 21 heavy (non-hydrogen) atoms. The van der Waals surface area contributed by atoms with Crippen molar-refractivity contribution in [1.29, 1.82) is 0 Å². The number of amides is 1. The zero-order chi connectivity index (χ0) is 14.8. The Morgan fingerprint density at radius 1 is 1.38 bits per heavy atom. The van der Waals surface area contributed by atoms with E-state index in [9.17, 15) is 4.79 Å². The van der Waals surface area contributed by atoms with Crippen molar-refractivity contribution in [3.8, 4) is 0 Å². The molecule has 5 heteroatoms. The Labute approximate surface area is 123 Å². The lowest BCUT2D eigenvalue weighted by atomic mass is 10.1. The molecule has 0 atom stereocenters. The Balaban J connectivity index is 2.03. The fourth-order valence-electron chi connectivity index (χ4n) is 2.63. The second-order valence-electron chi connectivity index (χ2n) is 5.05. The van der Waals surface area contributed by atoms with Crippen LogP contribution < -0.4 is 4.90 Å². The van der Waals surface area contributed by atoms with Crippen LogP contribution in [0.2, 0.25) is 0 Å². The summed E-state index contributed by atoms with van der Waals surface area (Å²) in [6, 6.07) is 7.84. The van der Waals surface area contributed by atoms with E-state index in [-0.39, 0.29) is 5.91 Å². The summed E-state index contributed by atoms with van der Waals surface area (Å²) in [5, 5.41) is 3.98. The van der Waals surface area contributed by atoms with Crippen molar-refractivity contribution in [3.63, 3.8) is 0 Å². The molecule has 0 radical (unpaired) electrons. The molecule has 0 N–H and O–H groups in total. The van der Waals surface area contributed by atoms with Gasteiger partial charge in [0.05, 0.1) is 18.9 Å². The van der Waals surface area contributed by atoms with Crippen LogP contribution in [0.5, 0.6) is 0 Å². The van der Waals surface area contributed by atoms with Crippen molar-refractivity contribution >= 4 is 11.6 Å². The van der Waals surface area contributed by atoms with Gasteiger partial charge in [0.2, 0.25) is 0 Å². The van der Waals surface area contributed by atoms with Crippen molar-refractivity contribution in [2.45, 2.75) is 26.9 Å². The Kier molecular flexibility index (Phi) is 3.75. The largest absolute Gasteiger partial charge is 0.375 e. The van der Waals surface area contributed by atoms with Gasteiger partial charge in [-0.1, -0.05) is 30.3 Å². The second kappa shape index (κ2) is 5.69. The third-order valence-corrected chi connectivity index (χ3v) is 3.73. The van der Waals surface area contributed by atoms with E-state index in [1.165, 1.54) is 0 Å². The first-order valence-electron chi connectivity index (χ1n) is 7.15. The summed E-state index contributed by atoms with van der Waals surface area (Å²) in [7, 11) is 0. The van der Waals surface area contributed by atoms with E-state index in [0.717, 1.165) is 11.3 Å². The van der Waals surface area contributed by atoms with E-state index >= 15 is 0 Å². The van der Waals surface area contributed by atoms with Crippen molar-refractivity contribution in [3.05, 3.63) is 46.8 Å². The lowest BCUT2D eigenvalue weighted by Crippen LogP contribution is -2.34. The van der Waals surface area contributed by atoms with Crippen molar-refractivity contribution < 1.29 is 14.1 Å². The number of aryl methyl sites for hydroxylation is 2. The molecule has 0 aliphatic carbocycles. The third kappa shape index (κ3) is 2.45. The molecule has 0 unspecified atom stereocenters. The minimum atomic E-state index is -0.0662. The first kappa shape index (κ1) is 13.8. The molecule has 0 saturated heterocycles. The van der Waals surface area contributed by atoms with Crippen LogP contribution in [0.15, 0.2) is 28.8 Å². The second-order valence-corrected chi connectivity index (χ2v) is 5.05. The summed E-state index contributed by atoms with van der Waals surface area (Å²) >= 11 is 0. The van der Waals surface area contributed by atoms with Crippen LogP contribution in [-0.4, -0.2) is 24.2 Å². The van der Waals surface area contributed by atoms with Gasteiger partial charge >= 0.3 is 0 Å². The van der Waals surface area contributed by atoms with Crippen LogP contribution in [0.1, 0.15) is 34.3 Å². The molecule has 2 aromatic rings. The van der Waals surface area contributed by atoms with Crippen molar-refractivity contribution in [2.24, 2.45) is 0 Å². The molecule has 1 amide bonds. The molecule has 2 heterocycles. The predicted molar refractivity (Wildman–Crippen MR) is 78.4 cm³/mol. The summed E-state index contributed by atoms with van der Waals surface area (Å²) in [6.07, 6.45) is 0.671. The first-order valence-corrected chi connectivity index (χ1v) is 7.15. The topological polar surface area (TPSA) is 55.6 Å². The van der Waals surface area contributed by atoms with Crippen LogP contribution in [0.3, 0.4) is 0 Å². The molecule has 3 rings (SSSR count). The third-order valence-electron chi connectivity index (χ3n) is 3.73. The number of fused-ring (bicyclic) bond motifs is 1. The molecule has 1 aromatic carbocycles. The molecule has 1 aliphatic rings. The molecule has 5 nitrogen and oxygen atoms in total. The Morgan fingerprint density at radius 2 is 2.19 bits per heavy atom. The molecule has 1 aliphatic heterocycles. The Hall–Kier alpha value is -2.14. The zero-order valence-corrected chi connectivity index (χ0v) is 12.3. The van der Waals surface area contributed by atoms with Gasteiger partial charge in [0.1, 0.15) is 11.3 Å². The highest BCUT2D eigenvalue weighted by Gasteiger charge is 2.27. The molecule has 110 valence electrons. The van der Waals surface area contributed by atoms with Gasteiger partial charge in [0.25, 0.3) is 5.91 Å². The molecular formula is C16H18N2O3. The average molecular weight is 286 g/mol. The van der Waals surface area contributed by atoms with Crippen LogP contribution in [0, 0.1) is 6.92 Å². The van der Waals surface area contributed by atoms with Gasteiger partial charge in [-0.2, -0.15) is 0 Å². The minimum absolute atomic E-state index is 0.0662. The first-order chi connectivity index (χ1) is 10.2. The Morgan fingerprint density at radius 3 is 3.00 bits per heavy atom. The van der Waals surface area contributed by atoms with Gasteiger partial charge < -0.3 is 14.2 Å². The van der Waals surface area contributed by atoms with E-state index in [4.69, 9.17) is 9.26 Å². The maximum absolute atomic E-state index is 12.9. The molecule has 0 fully saturated rings. The van der Waals surface area contributed by atoms with Crippen LogP contribution >= 0.6 is 0 Å². The summed E-state index contributed by atoms with van der Waals surface area (Å²) in [5.41, 5.74) is 3.22. The quantitative estimate of drug-likeness (QED) is 0.851. The van der Waals surface area contributed by atoms with Gasteiger partial charge in [-0.25, -0.2) is 0 Å². The standard InChI is InChI=1S/C16H18N2O3/c1-3-13-15(11(2)21-17-13)16(19)18-8-9-20-10-12-6-4-5-7-14(12)18/h4-7H,3,8-10H2,1-2H3. The number of anilines is 1. The molecule has 0 spiro atoms. The number of nitrogens with zero attached hydrogens (tertiary/aromatic N) is 2. The highest BCUT2D eigenvalue weighted by Crippen LogP contribution is 2.27. The van der Waals surface area contributed by atoms with Crippen LogP contribution in [0.4, 0.5) is 5.69 Å². The number of hydrogen-bond donors (Lipinski definition) is 0. The number of rotatable bonds is 2. The molecule has 0 bridgehead atoms. The van der Waals surface area contributed by atoms with Gasteiger partial charge in [-0.3, -0.25) is 4.79 Å². The number of ether oxygens (including phenoxy) is 1. The van der Waals surface area contributed by atoms with Gasteiger partial charge in [0.15, 0.2) is 0 Å². The highest BCUT2D eigenvalue weighted by atomic mass is 16.5. The number of carbonyl (C=O) groups is 1. The van der Waals surface area contributed by atoms with Gasteiger partial charge in [0, 0.05) is 17.8 Å². The van der Waals surface area contributed by atoms with Crippen LogP contribution in [0.25, 0.3) is 0 Å². The summed E-state index contributed by atoms with van der Waals surface area (Å²) < 4.78 is 10.8. The monoisotopic (exact) mass is 286 g/mol. The molecular weight excluding hydrogens is 268 g/mol. The minimum Gasteiger partial charge on any atom is -0.375 e. The fourth-order valence-corrected chi connectivity index (χ4v) is 2.63. The van der Waals surface area contributed by atoms with E-state index in [1.54, 1.807) is 11.8 Å². The van der Waals surface area contributed by atoms with E-state index in [1.807, 2.05) is 31.2 Å². The summed E-state index contributed by atoms with van der Waals surface area (Å²) in [5.74, 6) is 0.503. The highest BCUT2D eigenvalue weighted by molar-refractivity contribution is 6.07. The number of hydrogen-bond acceptors (Lipinski definition) is 4. The summed E-state index contributed by atoms with van der Waals surface area (Å²) in [4.78, 5) is 14.7. The normalized spacial score (nSPS) is 14.7. The number of aromatic nitrogens is 1. The predicted octanol–water partition coefficient (Wildman–Crippen LogP) is 2.72. The SMILES string of the molecule is CCc1noc(C)c1C(=O)N1CCOCc2ccccc21. The van der Waals surface area contributed by atoms with E-state index in [2.05, 4.69) is 5.16 Å². The van der Waals surface area contributed by atoms with E-state index in [0.29, 0.717) is 43.2 Å². The van der Waals surface area contributed by atoms with Crippen LogP contribution in [-0.2, 0) is 17.8 Å². The maximum Gasteiger partial charge on any atom is 0.263 e.